The molecule has 1 aromatic rings. The van der Waals surface area contributed by atoms with Gasteiger partial charge in [-0.2, -0.15) is 0 Å². The highest BCUT2D eigenvalue weighted by atomic mass is 35.5. The van der Waals surface area contributed by atoms with Gasteiger partial charge in [-0.1, -0.05) is 18.2 Å². The Labute approximate surface area is 129 Å². The van der Waals surface area contributed by atoms with Gasteiger partial charge in [-0.15, -0.1) is 12.4 Å². The Kier molecular flexibility index (Phi) is 6.11. The molecule has 0 radical (unpaired) electrons. The monoisotopic (exact) mass is 313 g/mol. The first-order chi connectivity index (χ1) is 9.49. The summed E-state index contributed by atoms with van der Waals surface area (Å²) in [6.07, 6.45) is 2.20. The van der Waals surface area contributed by atoms with Gasteiger partial charge in [0.2, 0.25) is 5.91 Å². The Morgan fingerprint density at radius 3 is 2.62 bits per heavy atom. The topological polar surface area (TPSA) is 89.5 Å². The van der Waals surface area contributed by atoms with Gasteiger partial charge in [-0.3, -0.25) is 14.9 Å². The minimum atomic E-state index is -0.406. The molecule has 21 heavy (non-hydrogen) atoms. The van der Waals surface area contributed by atoms with E-state index in [1.807, 2.05) is 0 Å². The fraction of sp³-hybridized carbons (Fsp3) is 0.500. The number of nitro benzene ring substituents is 1. The lowest BCUT2D eigenvalue weighted by Gasteiger charge is -2.23. The number of rotatable bonds is 6. The van der Waals surface area contributed by atoms with Crippen LogP contribution in [-0.4, -0.2) is 27.8 Å². The lowest BCUT2D eigenvalue weighted by molar-refractivity contribution is -0.385. The quantitative estimate of drug-likeness (QED) is 0.644. The molecule has 1 amide bonds. The first kappa shape index (κ1) is 17.4. The van der Waals surface area contributed by atoms with Crippen molar-refractivity contribution < 1.29 is 9.72 Å². The molecule has 1 saturated carbocycles. The molecule has 0 aliphatic heterocycles. The van der Waals surface area contributed by atoms with Crippen molar-refractivity contribution in [3.05, 3.63) is 39.9 Å². The highest BCUT2D eigenvalue weighted by Gasteiger charge is 2.33. The van der Waals surface area contributed by atoms with Crippen LogP contribution in [0, 0.1) is 10.1 Å². The van der Waals surface area contributed by atoms with Crippen molar-refractivity contribution in [2.24, 2.45) is 5.73 Å². The Balaban J connectivity index is 0.00000220. The van der Waals surface area contributed by atoms with E-state index in [0.717, 1.165) is 12.8 Å². The molecule has 6 nitrogen and oxygen atoms in total. The van der Waals surface area contributed by atoms with Gasteiger partial charge in [0.25, 0.3) is 5.69 Å². The van der Waals surface area contributed by atoms with Gasteiger partial charge >= 0.3 is 0 Å². The Hall–Kier alpha value is -1.66. The van der Waals surface area contributed by atoms with Crippen molar-refractivity contribution in [3.8, 4) is 0 Å². The molecule has 0 saturated heterocycles. The molecule has 2 rings (SSSR count). The van der Waals surface area contributed by atoms with Crippen LogP contribution in [0.1, 0.15) is 31.7 Å². The van der Waals surface area contributed by atoms with Crippen molar-refractivity contribution in [1.82, 2.24) is 4.90 Å². The molecule has 1 unspecified atom stereocenters. The van der Waals surface area contributed by atoms with Crippen LogP contribution in [-0.2, 0) is 11.3 Å². The fourth-order valence-corrected chi connectivity index (χ4v) is 2.21. The third kappa shape index (κ3) is 4.68. The minimum absolute atomic E-state index is 0. The summed E-state index contributed by atoms with van der Waals surface area (Å²) in [5, 5.41) is 11.0. The summed E-state index contributed by atoms with van der Waals surface area (Å²) in [5.74, 6) is -0.0272. The molecule has 0 heterocycles. The van der Waals surface area contributed by atoms with E-state index in [1.165, 1.54) is 6.07 Å². The molecule has 1 aromatic carbocycles. The van der Waals surface area contributed by atoms with Crippen molar-refractivity contribution in [3.63, 3.8) is 0 Å². The van der Waals surface area contributed by atoms with Crippen LogP contribution in [0.5, 0.6) is 0 Å². The molecule has 1 fully saturated rings. The summed E-state index contributed by atoms with van der Waals surface area (Å²) < 4.78 is 0. The van der Waals surface area contributed by atoms with Gasteiger partial charge in [0.1, 0.15) is 0 Å². The molecule has 1 atom stereocenters. The third-order valence-corrected chi connectivity index (χ3v) is 3.33. The van der Waals surface area contributed by atoms with Crippen LogP contribution in [0.2, 0.25) is 0 Å². The Morgan fingerprint density at radius 2 is 2.10 bits per heavy atom. The number of carbonyl (C=O) groups is 1. The SMILES string of the molecule is CC(N)CC(=O)N(Cc1ccccc1[N+](=O)[O-])C1CC1.Cl. The molecule has 0 bridgehead atoms. The molecule has 1 aliphatic rings. The summed E-state index contributed by atoms with van der Waals surface area (Å²) >= 11 is 0. The number of carbonyl (C=O) groups excluding carboxylic acids is 1. The van der Waals surface area contributed by atoms with Gasteiger partial charge in [0.05, 0.1) is 11.5 Å². The summed E-state index contributed by atoms with van der Waals surface area (Å²) in [6, 6.07) is 6.56. The maximum Gasteiger partial charge on any atom is 0.274 e. The predicted octanol–water partition coefficient (Wildman–Crippen LogP) is 2.24. The van der Waals surface area contributed by atoms with Crippen LogP contribution >= 0.6 is 12.4 Å². The summed E-state index contributed by atoms with van der Waals surface area (Å²) in [4.78, 5) is 24.5. The molecular weight excluding hydrogens is 294 g/mol. The average Bonchev–Trinajstić information content (AvgIpc) is 3.19. The maximum atomic E-state index is 12.2. The maximum absolute atomic E-state index is 12.2. The molecule has 7 heteroatoms. The molecule has 1 aliphatic carbocycles. The number of amides is 1. The first-order valence-corrected chi connectivity index (χ1v) is 6.76. The second-order valence-electron chi connectivity index (χ2n) is 5.32. The fourth-order valence-electron chi connectivity index (χ4n) is 2.21. The van der Waals surface area contributed by atoms with Crippen molar-refractivity contribution in [1.29, 1.82) is 0 Å². The van der Waals surface area contributed by atoms with E-state index >= 15 is 0 Å². The zero-order valence-electron chi connectivity index (χ0n) is 11.9. The number of para-hydroxylation sites is 1. The van der Waals surface area contributed by atoms with E-state index in [2.05, 4.69) is 0 Å². The smallest absolute Gasteiger partial charge is 0.274 e. The number of hydrogen-bond acceptors (Lipinski definition) is 4. The van der Waals surface area contributed by atoms with E-state index < -0.39 is 4.92 Å². The predicted molar refractivity (Wildman–Crippen MR) is 82.2 cm³/mol. The van der Waals surface area contributed by atoms with Gasteiger partial charge in [0, 0.05) is 30.1 Å². The summed E-state index contributed by atoms with van der Waals surface area (Å²) in [5.41, 5.74) is 6.30. The van der Waals surface area contributed by atoms with E-state index in [1.54, 1.807) is 30.0 Å². The van der Waals surface area contributed by atoms with Gasteiger partial charge in [-0.05, 0) is 19.8 Å². The number of benzene rings is 1. The zero-order chi connectivity index (χ0) is 14.7. The van der Waals surface area contributed by atoms with Crippen molar-refractivity contribution in [2.75, 3.05) is 0 Å². The van der Waals surface area contributed by atoms with Crippen LogP contribution in [0.4, 0.5) is 5.69 Å². The lowest BCUT2D eigenvalue weighted by Crippen LogP contribution is -2.36. The van der Waals surface area contributed by atoms with Crippen LogP contribution in [0.15, 0.2) is 24.3 Å². The van der Waals surface area contributed by atoms with E-state index in [-0.39, 0.29) is 49.1 Å². The van der Waals surface area contributed by atoms with Crippen molar-refractivity contribution >= 4 is 24.0 Å². The zero-order valence-corrected chi connectivity index (χ0v) is 12.7. The number of nitro groups is 1. The molecule has 0 spiro atoms. The highest BCUT2D eigenvalue weighted by Crippen LogP contribution is 2.30. The summed E-state index contributed by atoms with van der Waals surface area (Å²) in [6.45, 7) is 2.07. The van der Waals surface area contributed by atoms with Gasteiger partial charge < -0.3 is 10.6 Å². The van der Waals surface area contributed by atoms with E-state index in [4.69, 9.17) is 5.73 Å². The normalized spacial score (nSPS) is 15.0. The Bertz CT molecular complexity index is 518. The lowest BCUT2D eigenvalue weighted by atomic mass is 10.1. The van der Waals surface area contributed by atoms with E-state index in [9.17, 15) is 14.9 Å². The second-order valence-corrected chi connectivity index (χ2v) is 5.32. The number of halogens is 1. The molecular formula is C14H20ClN3O3. The highest BCUT2D eigenvalue weighted by molar-refractivity contribution is 5.85. The first-order valence-electron chi connectivity index (χ1n) is 6.76. The summed E-state index contributed by atoms with van der Waals surface area (Å²) in [7, 11) is 0. The number of hydrogen-bond donors (Lipinski definition) is 1. The molecule has 116 valence electrons. The Morgan fingerprint density at radius 1 is 1.48 bits per heavy atom. The number of nitrogens with zero attached hydrogens (tertiary/aromatic N) is 2. The largest absolute Gasteiger partial charge is 0.335 e. The van der Waals surface area contributed by atoms with E-state index in [0.29, 0.717) is 5.56 Å². The van der Waals surface area contributed by atoms with Crippen LogP contribution in [0.3, 0.4) is 0 Å². The van der Waals surface area contributed by atoms with Crippen LogP contribution in [0.25, 0.3) is 0 Å². The second kappa shape index (κ2) is 7.38. The number of nitrogens with two attached hydrogens (primary N) is 1. The minimum Gasteiger partial charge on any atom is -0.335 e. The standard InChI is InChI=1S/C14H19N3O3.ClH/c1-10(15)8-14(18)16(12-6-7-12)9-11-4-2-3-5-13(11)17(19)20;/h2-5,10,12H,6-9,15H2,1H3;1H. The van der Waals surface area contributed by atoms with Crippen LogP contribution < -0.4 is 5.73 Å². The van der Waals surface area contributed by atoms with Gasteiger partial charge in [-0.25, -0.2) is 0 Å². The average molecular weight is 314 g/mol. The third-order valence-electron chi connectivity index (χ3n) is 3.33. The molecule has 0 aromatic heterocycles. The van der Waals surface area contributed by atoms with Gasteiger partial charge in [0.15, 0.2) is 0 Å². The van der Waals surface area contributed by atoms with Crippen molar-refractivity contribution in [2.45, 2.75) is 44.8 Å². The molecule has 2 N–H and O–H groups in total.